The fourth-order valence-electron chi connectivity index (χ4n) is 2.91. The molecule has 3 rings (SSSR count). The first-order chi connectivity index (χ1) is 12.2. The lowest BCUT2D eigenvalue weighted by Gasteiger charge is -2.25. The quantitative estimate of drug-likeness (QED) is 0.723. The highest BCUT2D eigenvalue weighted by molar-refractivity contribution is 7.89. The van der Waals surface area contributed by atoms with Crippen LogP contribution in [0, 0.1) is 0 Å². The molecule has 1 aromatic heterocycles. The van der Waals surface area contributed by atoms with Crippen LogP contribution >= 0.6 is 11.6 Å². The van der Waals surface area contributed by atoms with Gasteiger partial charge in [-0.05, 0) is 49.9 Å². The zero-order valence-corrected chi connectivity index (χ0v) is 16.4. The van der Waals surface area contributed by atoms with E-state index < -0.39 is 10.0 Å². The zero-order valence-electron chi connectivity index (χ0n) is 14.8. The number of benzene rings is 2. The van der Waals surface area contributed by atoms with Gasteiger partial charge < -0.3 is 4.57 Å². The largest absolute Gasteiger partial charge is 0.330 e. The van der Waals surface area contributed by atoms with Gasteiger partial charge in [-0.15, -0.1) is 0 Å². The predicted octanol–water partition coefficient (Wildman–Crippen LogP) is 3.07. The molecular formula is C18H21ClN4O2S. The van der Waals surface area contributed by atoms with E-state index in [2.05, 4.69) is 21.4 Å². The van der Waals surface area contributed by atoms with Gasteiger partial charge in [0.25, 0.3) is 0 Å². The van der Waals surface area contributed by atoms with Crippen molar-refractivity contribution in [3.05, 3.63) is 58.9 Å². The summed E-state index contributed by atoms with van der Waals surface area (Å²) >= 11 is 6.05. The van der Waals surface area contributed by atoms with Crippen LogP contribution in [0.25, 0.3) is 11.0 Å². The van der Waals surface area contributed by atoms with Gasteiger partial charge in [-0.25, -0.2) is 18.5 Å². The van der Waals surface area contributed by atoms with Crippen LogP contribution in [0.15, 0.2) is 47.4 Å². The summed E-state index contributed by atoms with van der Waals surface area (Å²) in [4.78, 5) is 6.94. The van der Waals surface area contributed by atoms with Crippen LogP contribution < -0.4 is 5.14 Å². The number of imidazole rings is 1. The lowest BCUT2D eigenvalue weighted by atomic mass is 10.1. The van der Waals surface area contributed by atoms with Gasteiger partial charge in [0.2, 0.25) is 10.0 Å². The summed E-state index contributed by atoms with van der Waals surface area (Å²) in [5, 5.41) is 5.82. The molecule has 0 aliphatic carbocycles. The molecule has 138 valence electrons. The average Bonchev–Trinajstić information content (AvgIpc) is 2.88. The minimum atomic E-state index is -3.68. The number of hydrogen-bond donors (Lipinski definition) is 1. The maximum absolute atomic E-state index is 11.4. The third-order valence-electron chi connectivity index (χ3n) is 4.68. The normalized spacial score (nSPS) is 13.5. The Labute approximate surface area is 158 Å². The molecule has 0 spiro atoms. The SMILES string of the molecule is C[C@H](c1ccc(S(N)(=O)=O)cc1)N(C)Cc1nc2cc(Cl)ccc2n1C. The Morgan fingerprint density at radius 2 is 1.88 bits per heavy atom. The maximum Gasteiger partial charge on any atom is 0.238 e. The van der Waals surface area contributed by atoms with E-state index in [0.29, 0.717) is 11.6 Å². The van der Waals surface area contributed by atoms with Gasteiger partial charge in [0.05, 0.1) is 22.5 Å². The summed E-state index contributed by atoms with van der Waals surface area (Å²) in [5.74, 6) is 0.928. The number of aromatic nitrogens is 2. The Hall–Kier alpha value is -1.93. The van der Waals surface area contributed by atoms with E-state index in [1.165, 1.54) is 12.1 Å². The molecule has 6 nitrogen and oxygen atoms in total. The summed E-state index contributed by atoms with van der Waals surface area (Å²) in [6.07, 6.45) is 0. The molecule has 1 atom stereocenters. The Bertz CT molecular complexity index is 1040. The number of rotatable bonds is 5. The molecule has 1 heterocycles. The smallest absolute Gasteiger partial charge is 0.238 e. The third-order valence-corrected chi connectivity index (χ3v) is 5.84. The fourth-order valence-corrected chi connectivity index (χ4v) is 3.60. The first-order valence-electron chi connectivity index (χ1n) is 8.10. The molecule has 0 amide bonds. The molecule has 2 aromatic carbocycles. The lowest BCUT2D eigenvalue weighted by molar-refractivity contribution is 0.245. The molecule has 0 radical (unpaired) electrons. The Kier molecular flexibility index (Phi) is 5.07. The van der Waals surface area contributed by atoms with Crippen LogP contribution in [0.2, 0.25) is 5.02 Å². The van der Waals surface area contributed by atoms with E-state index in [-0.39, 0.29) is 10.9 Å². The van der Waals surface area contributed by atoms with Crippen LogP contribution in [0.3, 0.4) is 0 Å². The van der Waals surface area contributed by atoms with Crippen molar-refractivity contribution in [1.29, 1.82) is 0 Å². The lowest BCUT2D eigenvalue weighted by Crippen LogP contribution is -2.23. The van der Waals surface area contributed by atoms with Gasteiger partial charge >= 0.3 is 0 Å². The minimum Gasteiger partial charge on any atom is -0.330 e. The maximum atomic E-state index is 11.4. The van der Waals surface area contributed by atoms with E-state index in [1.54, 1.807) is 12.1 Å². The highest BCUT2D eigenvalue weighted by Crippen LogP contribution is 2.24. The molecule has 0 unspecified atom stereocenters. The molecule has 0 aliphatic heterocycles. The van der Waals surface area contributed by atoms with E-state index in [4.69, 9.17) is 16.7 Å². The number of primary sulfonamides is 1. The summed E-state index contributed by atoms with van der Waals surface area (Å²) < 4.78 is 24.8. The van der Waals surface area contributed by atoms with E-state index in [0.717, 1.165) is 22.4 Å². The Balaban J connectivity index is 1.81. The van der Waals surface area contributed by atoms with Crippen LogP contribution in [-0.2, 0) is 23.6 Å². The summed E-state index contributed by atoms with van der Waals surface area (Å²) in [7, 11) is 0.313. The number of nitrogens with two attached hydrogens (primary N) is 1. The summed E-state index contributed by atoms with van der Waals surface area (Å²) in [6, 6.07) is 12.4. The summed E-state index contributed by atoms with van der Waals surface area (Å²) in [5.41, 5.74) is 2.90. The average molecular weight is 393 g/mol. The van der Waals surface area contributed by atoms with E-state index >= 15 is 0 Å². The molecule has 0 aliphatic rings. The van der Waals surface area contributed by atoms with Crippen molar-refractivity contribution in [3.8, 4) is 0 Å². The second-order valence-electron chi connectivity index (χ2n) is 6.43. The van der Waals surface area contributed by atoms with Gasteiger partial charge in [0, 0.05) is 18.1 Å². The van der Waals surface area contributed by atoms with Crippen molar-refractivity contribution in [2.45, 2.75) is 24.4 Å². The first-order valence-corrected chi connectivity index (χ1v) is 10.0. The second kappa shape index (κ2) is 7.00. The zero-order chi connectivity index (χ0) is 19.1. The van der Waals surface area contributed by atoms with Crippen LogP contribution in [-0.4, -0.2) is 29.9 Å². The van der Waals surface area contributed by atoms with Crippen LogP contribution in [0.4, 0.5) is 0 Å². The molecule has 0 saturated carbocycles. The fraction of sp³-hybridized carbons (Fsp3) is 0.278. The van der Waals surface area contributed by atoms with Crippen molar-refractivity contribution in [2.24, 2.45) is 12.2 Å². The molecule has 0 fully saturated rings. The number of nitrogens with zero attached hydrogens (tertiary/aromatic N) is 3. The van der Waals surface area contributed by atoms with Gasteiger partial charge in [0.15, 0.2) is 0 Å². The molecule has 26 heavy (non-hydrogen) atoms. The number of fused-ring (bicyclic) bond motifs is 1. The van der Waals surface area contributed by atoms with Crippen molar-refractivity contribution < 1.29 is 8.42 Å². The van der Waals surface area contributed by atoms with Crippen LogP contribution in [0.1, 0.15) is 24.4 Å². The van der Waals surface area contributed by atoms with E-state index in [1.807, 2.05) is 32.3 Å². The van der Waals surface area contributed by atoms with Crippen molar-refractivity contribution in [2.75, 3.05) is 7.05 Å². The molecule has 2 N–H and O–H groups in total. The molecule has 0 saturated heterocycles. The standard InChI is InChI=1S/C18H21ClN4O2S/c1-12(13-4-7-15(8-5-13)26(20,24)25)22(2)11-18-21-16-10-14(19)6-9-17(16)23(18)3/h4-10,12H,11H2,1-3H3,(H2,20,24,25)/t12-/m1/s1. The topological polar surface area (TPSA) is 81.2 Å². The molecule has 0 bridgehead atoms. The highest BCUT2D eigenvalue weighted by Gasteiger charge is 2.17. The first kappa shape index (κ1) is 18.8. The Morgan fingerprint density at radius 3 is 2.50 bits per heavy atom. The van der Waals surface area contributed by atoms with Crippen molar-refractivity contribution in [3.63, 3.8) is 0 Å². The monoisotopic (exact) mass is 392 g/mol. The summed E-state index contributed by atoms with van der Waals surface area (Å²) in [6.45, 7) is 2.70. The van der Waals surface area contributed by atoms with E-state index in [9.17, 15) is 8.42 Å². The molecule has 3 aromatic rings. The van der Waals surface area contributed by atoms with Crippen LogP contribution in [0.5, 0.6) is 0 Å². The predicted molar refractivity (Wildman–Crippen MR) is 103 cm³/mol. The van der Waals surface area contributed by atoms with Crippen molar-refractivity contribution >= 4 is 32.7 Å². The number of hydrogen-bond acceptors (Lipinski definition) is 4. The molecular weight excluding hydrogens is 372 g/mol. The minimum absolute atomic E-state index is 0.0768. The third kappa shape index (κ3) is 3.76. The Morgan fingerprint density at radius 1 is 1.23 bits per heavy atom. The molecule has 8 heteroatoms. The number of sulfonamides is 1. The van der Waals surface area contributed by atoms with Gasteiger partial charge in [-0.1, -0.05) is 23.7 Å². The van der Waals surface area contributed by atoms with Gasteiger partial charge in [-0.3, -0.25) is 4.90 Å². The second-order valence-corrected chi connectivity index (χ2v) is 8.42. The highest BCUT2D eigenvalue weighted by atomic mass is 35.5. The van der Waals surface area contributed by atoms with Crippen molar-refractivity contribution in [1.82, 2.24) is 14.5 Å². The van der Waals surface area contributed by atoms with Gasteiger partial charge in [0.1, 0.15) is 5.82 Å². The van der Waals surface area contributed by atoms with Gasteiger partial charge in [-0.2, -0.15) is 0 Å². The number of halogens is 1. The number of aryl methyl sites for hydroxylation is 1.